The first-order chi connectivity index (χ1) is 1.91. The van der Waals surface area contributed by atoms with Gasteiger partial charge in [0, 0.05) is 0 Å². The third-order valence-corrected chi connectivity index (χ3v) is 0.0833. The van der Waals surface area contributed by atoms with Gasteiger partial charge in [0.2, 0.25) is 0 Å². The summed E-state index contributed by atoms with van der Waals surface area (Å²) in [7, 11) is 0. The van der Waals surface area contributed by atoms with E-state index < -0.39 is 0 Å². The van der Waals surface area contributed by atoms with E-state index in [1.54, 1.807) is 0 Å². The first-order valence-corrected chi connectivity index (χ1v) is 0.901. The van der Waals surface area contributed by atoms with Gasteiger partial charge < -0.3 is 25.8 Å². The summed E-state index contributed by atoms with van der Waals surface area (Å²) in [4.78, 5) is 8.93. The second-order valence-electron chi connectivity index (χ2n) is 0.322. The maximum atomic E-state index is 8.93. The van der Waals surface area contributed by atoms with Crippen molar-refractivity contribution in [2.45, 2.75) is 0 Å². The van der Waals surface area contributed by atoms with Gasteiger partial charge in [-0.15, -0.1) is 0 Å². The third-order valence-electron chi connectivity index (χ3n) is 0.0833. The Balaban J connectivity index is -0.00000000450. The number of carbonyl (C=O) groups excluding carboxylic acids is 1. The molecule has 0 saturated carbocycles. The molecule has 1 unspecified atom stereocenters. The van der Waals surface area contributed by atoms with Gasteiger partial charge in [-0.05, 0) is 6.29 Å². The quantitative estimate of drug-likeness (QED) is 0.451. The van der Waals surface area contributed by atoms with Crippen molar-refractivity contribution in [2.24, 2.45) is 0 Å². The molecule has 0 aromatic carbocycles. The fourth-order valence-electron chi connectivity index (χ4n) is 0. The molecule has 0 aliphatic carbocycles. The molecule has 3 N–H and O–H groups in total. The first-order valence-electron chi connectivity index (χ1n) is 0.901. The average Bonchev–Trinajstić information content (AvgIpc) is 1.37. The Morgan fingerprint density at radius 1 is 1.33 bits per heavy atom. The van der Waals surface area contributed by atoms with Crippen LogP contribution in [0.15, 0.2) is 12.7 Å². The van der Waals surface area contributed by atoms with Crippen LogP contribution in [0.25, 0.3) is 0 Å². The number of hydrogen-bond donors (Lipinski definition) is 1. The van der Waals surface area contributed by atoms with Crippen molar-refractivity contribution in [3.63, 3.8) is 0 Å². The molecule has 2 nitrogen and oxygen atoms in total. The molecule has 9 heavy (non-hydrogen) atoms. The molecular formula is C5H15NOPTa+2. The number of allylic oxidation sites excluding steroid dienone is 1. The van der Waals surface area contributed by atoms with Crippen molar-refractivity contribution in [1.29, 1.82) is 0 Å². The van der Waals surface area contributed by atoms with E-state index >= 15 is 0 Å². The van der Waals surface area contributed by atoms with Crippen LogP contribution in [0, 0.1) is 14.9 Å². The number of hydrogen-bond acceptors (Lipinski definition) is 2. The zero-order valence-electron chi connectivity index (χ0n) is 6.05. The molecule has 0 rings (SSSR count). The molecule has 0 spiro atoms. The van der Waals surface area contributed by atoms with Crippen LogP contribution in [-0.2, 0) is 27.2 Å². The van der Waals surface area contributed by atoms with Crippen LogP contribution < -0.4 is 6.15 Å². The van der Waals surface area contributed by atoms with Crippen LogP contribution in [0.4, 0.5) is 0 Å². The second-order valence-corrected chi connectivity index (χ2v) is 0.322. The van der Waals surface area contributed by atoms with Crippen LogP contribution in [-0.4, -0.2) is 6.29 Å². The van der Waals surface area contributed by atoms with Gasteiger partial charge in [0.05, 0.1) is 0 Å². The second kappa shape index (κ2) is 75.2. The summed E-state index contributed by atoms with van der Waals surface area (Å²) in [6.07, 6.45) is 2.51. The summed E-state index contributed by atoms with van der Waals surface area (Å²) in [5.41, 5.74) is 0. The van der Waals surface area contributed by atoms with Gasteiger partial charge in [0.15, 0.2) is 0 Å². The molecule has 0 bridgehead atoms. The Morgan fingerprint density at radius 2 is 1.44 bits per heavy atom. The van der Waals surface area contributed by atoms with Crippen LogP contribution in [0.1, 0.15) is 0 Å². The van der Waals surface area contributed by atoms with E-state index in [2.05, 4.69) is 6.58 Å². The van der Waals surface area contributed by atoms with Gasteiger partial charge in [0.25, 0.3) is 0 Å². The Hall–Kier alpha value is 0.540. The Morgan fingerprint density at radius 3 is 1.44 bits per heavy atom. The van der Waals surface area contributed by atoms with E-state index in [1.165, 1.54) is 6.29 Å². The van der Waals surface area contributed by atoms with Crippen molar-refractivity contribution >= 4 is 16.2 Å². The average molecular weight is 317 g/mol. The predicted molar refractivity (Wildman–Crippen MR) is 44.8 cm³/mol. The molecule has 0 radical (unpaired) electrons. The van der Waals surface area contributed by atoms with E-state index in [4.69, 9.17) is 4.79 Å². The van der Waals surface area contributed by atoms with Gasteiger partial charge in [-0.2, -0.15) is 9.90 Å². The van der Waals surface area contributed by atoms with Crippen LogP contribution >= 0.6 is 9.90 Å². The number of rotatable bonds is 1. The predicted octanol–water partition coefficient (Wildman–Crippen LogP) is 1.40. The Bertz CT molecular complexity index is 37.9. The van der Waals surface area contributed by atoms with Gasteiger partial charge in [0.1, 0.15) is 0 Å². The molecule has 4 heteroatoms. The molecule has 0 heterocycles. The molecular weight excluding hydrogens is 302 g/mol. The van der Waals surface area contributed by atoms with E-state index in [9.17, 15) is 0 Å². The van der Waals surface area contributed by atoms with Gasteiger partial charge >= 0.3 is 22.4 Å². The SMILES string of the molecule is C=C[C-]=O.N.P.[CH3-].[CH3-].[Ta+5]. The van der Waals surface area contributed by atoms with Crippen molar-refractivity contribution in [1.82, 2.24) is 6.15 Å². The largest absolute Gasteiger partial charge is 5.00 e. The maximum absolute atomic E-state index is 8.93. The molecule has 0 aromatic rings. The summed E-state index contributed by atoms with van der Waals surface area (Å²) < 4.78 is 0. The summed E-state index contributed by atoms with van der Waals surface area (Å²) in [6.45, 7) is 3.06. The molecule has 0 aliphatic rings. The van der Waals surface area contributed by atoms with Crippen LogP contribution in [0.2, 0.25) is 0 Å². The van der Waals surface area contributed by atoms with E-state index in [0.717, 1.165) is 6.08 Å². The first kappa shape index (κ1) is 55.5. The summed E-state index contributed by atoms with van der Waals surface area (Å²) in [5, 5.41) is 0. The van der Waals surface area contributed by atoms with E-state index in [-0.39, 0.29) is 53.3 Å². The van der Waals surface area contributed by atoms with Crippen molar-refractivity contribution in [3.05, 3.63) is 27.5 Å². The Labute approximate surface area is 77.2 Å². The summed E-state index contributed by atoms with van der Waals surface area (Å²) in [5.74, 6) is 0. The monoisotopic (exact) mass is 317 g/mol. The summed E-state index contributed by atoms with van der Waals surface area (Å²) in [6, 6.07) is 0. The van der Waals surface area contributed by atoms with Crippen molar-refractivity contribution < 1.29 is 27.2 Å². The zero-order valence-corrected chi connectivity index (χ0v) is 10.7. The van der Waals surface area contributed by atoms with Crippen LogP contribution in [0.5, 0.6) is 0 Å². The minimum absolute atomic E-state index is 0. The van der Waals surface area contributed by atoms with E-state index in [0.29, 0.717) is 0 Å². The van der Waals surface area contributed by atoms with Gasteiger partial charge in [-0.3, -0.25) is 0 Å². The van der Waals surface area contributed by atoms with Crippen LogP contribution in [0.3, 0.4) is 0 Å². The molecule has 54 valence electrons. The third kappa shape index (κ3) is 154. The van der Waals surface area contributed by atoms with Crippen molar-refractivity contribution in [2.75, 3.05) is 0 Å². The van der Waals surface area contributed by atoms with E-state index in [1.807, 2.05) is 0 Å². The minimum atomic E-state index is 0. The molecule has 0 fully saturated rings. The van der Waals surface area contributed by atoms with Crippen molar-refractivity contribution in [3.8, 4) is 0 Å². The fourth-order valence-corrected chi connectivity index (χ4v) is 0. The normalized spacial score (nSPS) is 2.22. The molecule has 0 amide bonds. The smallest absolute Gasteiger partial charge is 0.419 e. The molecule has 0 aromatic heterocycles. The standard InChI is InChI=1S/C3H3O.2CH3.H3N.H3P.Ta/c1-2-3-4;;;;;/h2H,1H2;4*1H3;/q3*-1;;;+5. The maximum Gasteiger partial charge on any atom is 5.00 e. The van der Waals surface area contributed by atoms with Gasteiger partial charge in [-0.1, -0.05) is 0 Å². The fraction of sp³-hybridized carbons (Fsp3) is 0. The minimum Gasteiger partial charge on any atom is -0.419 e. The molecule has 0 saturated heterocycles. The molecule has 0 aliphatic heterocycles. The zero-order chi connectivity index (χ0) is 3.41. The topological polar surface area (TPSA) is 52.1 Å². The Kier molecular flexibility index (Phi) is 464. The summed E-state index contributed by atoms with van der Waals surface area (Å²) >= 11 is 0. The van der Waals surface area contributed by atoms with Gasteiger partial charge in [-0.25, -0.2) is 12.7 Å². The molecule has 1 atom stereocenters.